The van der Waals surface area contributed by atoms with E-state index in [9.17, 15) is 8.42 Å². The van der Waals surface area contributed by atoms with E-state index in [2.05, 4.69) is 37.2 Å². The van der Waals surface area contributed by atoms with Crippen LogP contribution in [0.5, 0.6) is 0 Å². The number of benzene rings is 2. The van der Waals surface area contributed by atoms with Crippen LogP contribution in [0.4, 0.5) is 5.82 Å². The van der Waals surface area contributed by atoms with E-state index in [1.165, 1.54) is 11.9 Å². The Hall–Kier alpha value is -3.30. The molecule has 0 unspecified atom stereocenters. The summed E-state index contributed by atoms with van der Waals surface area (Å²) in [6.07, 6.45) is 4.07. The Morgan fingerprint density at radius 2 is 1.74 bits per heavy atom. The zero-order valence-electron chi connectivity index (χ0n) is 17.2. The highest BCUT2D eigenvalue weighted by molar-refractivity contribution is 7.89. The van der Waals surface area contributed by atoms with Crippen LogP contribution in [0, 0.1) is 6.92 Å². The SMILES string of the molecule is Cc1ccc(S(=O)(=O)NCCn2ncc3c(NCCc4ccccc4)ncnc32)cc1. The highest BCUT2D eigenvalue weighted by Gasteiger charge is 2.14. The molecule has 4 aromatic rings. The van der Waals surface area contributed by atoms with Crippen molar-refractivity contribution in [3.8, 4) is 0 Å². The Morgan fingerprint density at radius 1 is 0.968 bits per heavy atom. The summed E-state index contributed by atoms with van der Waals surface area (Å²) >= 11 is 0. The number of aryl methyl sites for hydroxylation is 1. The largest absolute Gasteiger partial charge is 0.369 e. The van der Waals surface area contributed by atoms with Gasteiger partial charge >= 0.3 is 0 Å². The van der Waals surface area contributed by atoms with Gasteiger partial charge in [-0.15, -0.1) is 0 Å². The molecule has 0 aliphatic heterocycles. The van der Waals surface area contributed by atoms with Crippen LogP contribution < -0.4 is 10.0 Å². The molecule has 2 heterocycles. The maximum absolute atomic E-state index is 12.4. The Labute approximate surface area is 181 Å². The fourth-order valence-corrected chi connectivity index (χ4v) is 4.28. The van der Waals surface area contributed by atoms with Gasteiger partial charge in [0.05, 0.1) is 23.0 Å². The average molecular weight is 437 g/mol. The number of aromatic nitrogens is 4. The van der Waals surface area contributed by atoms with Crippen molar-refractivity contribution in [2.45, 2.75) is 24.8 Å². The first kappa shape index (κ1) is 21.0. The first-order valence-electron chi connectivity index (χ1n) is 10.0. The second kappa shape index (κ2) is 9.23. The summed E-state index contributed by atoms with van der Waals surface area (Å²) in [6, 6.07) is 17.0. The molecule has 2 aromatic heterocycles. The van der Waals surface area contributed by atoms with Gasteiger partial charge in [0, 0.05) is 13.1 Å². The van der Waals surface area contributed by atoms with Crippen molar-refractivity contribution in [2.24, 2.45) is 0 Å². The second-order valence-electron chi connectivity index (χ2n) is 7.20. The van der Waals surface area contributed by atoms with E-state index in [4.69, 9.17) is 0 Å². The Balaban J connectivity index is 1.39. The van der Waals surface area contributed by atoms with Crippen LogP contribution >= 0.6 is 0 Å². The van der Waals surface area contributed by atoms with Crippen LogP contribution in [-0.4, -0.2) is 41.3 Å². The molecular weight excluding hydrogens is 412 g/mol. The summed E-state index contributed by atoms with van der Waals surface area (Å²) in [4.78, 5) is 8.90. The van der Waals surface area contributed by atoms with Crippen molar-refractivity contribution in [2.75, 3.05) is 18.4 Å². The van der Waals surface area contributed by atoms with Gasteiger partial charge in [-0.05, 0) is 31.0 Å². The number of fused-ring (bicyclic) bond motifs is 1. The van der Waals surface area contributed by atoms with Crippen LogP contribution in [-0.2, 0) is 23.0 Å². The van der Waals surface area contributed by atoms with Crippen molar-refractivity contribution in [1.82, 2.24) is 24.5 Å². The molecule has 0 saturated heterocycles. The molecule has 0 amide bonds. The Bertz CT molecular complexity index is 1250. The molecule has 160 valence electrons. The number of sulfonamides is 1. The summed E-state index contributed by atoms with van der Waals surface area (Å²) in [6.45, 7) is 3.21. The fraction of sp³-hybridized carbons (Fsp3) is 0.227. The maximum atomic E-state index is 12.4. The molecule has 0 aliphatic carbocycles. The maximum Gasteiger partial charge on any atom is 0.240 e. The molecule has 4 rings (SSSR count). The molecule has 0 atom stereocenters. The summed E-state index contributed by atoms with van der Waals surface area (Å²) in [5.41, 5.74) is 2.92. The van der Waals surface area contributed by atoms with Crippen LogP contribution in [0.1, 0.15) is 11.1 Å². The molecule has 0 spiro atoms. The zero-order chi connectivity index (χ0) is 21.7. The smallest absolute Gasteiger partial charge is 0.240 e. The minimum Gasteiger partial charge on any atom is -0.369 e. The average Bonchev–Trinajstić information content (AvgIpc) is 3.19. The van der Waals surface area contributed by atoms with Gasteiger partial charge < -0.3 is 5.32 Å². The van der Waals surface area contributed by atoms with Crippen molar-refractivity contribution in [3.05, 3.63) is 78.2 Å². The van der Waals surface area contributed by atoms with Gasteiger partial charge in [0.2, 0.25) is 10.0 Å². The number of nitrogens with one attached hydrogen (secondary N) is 2. The molecule has 0 radical (unpaired) electrons. The highest BCUT2D eigenvalue weighted by Crippen LogP contribution is 2.18. The predicted octanol–water partition coefficient (Wildman–Crippen LogP) is 2.77. The fourth-order valence-electron chi connectivity index (χ4n) is 3.25. The predicted molar refractivity (Wildman–Crippen MR) is 120 cm³/mol. The third-order valence-electron chi connectivity index (χ3n) is 4.93. The number of rotatable bonds is 9. The van der Waals surface area contributed by atoms with Gasteiger partial charge in [0.1, 0.15) is 12.1 Å². The van der Waals surface area contributed by atoms with Crippen molar-refractivity contribution < 1.29 is 8.42 Å². The van der Waals surface area contributed by atoms with E-state index >= 15 is 0 Å². The lowest BCUT2D eigenvalue weighted by Crippen LogP contribution is -2.27. The normalized spacial score (nSPS) is 11.6. The number of hydrogen-bond donors (Lipinski definition) is 2. The molecule has 0 fully saturated rings. The number of nitrogens with zero attached hydrogens (tertiary/aromatic N) is 4. The lowest BCUT2D eigenvalue weighted by Gasteiger charge is -2.08. The molecule has 0 aliphatic rings. The first-order chi connectivity index (χ1) is 15.0. The van der Waals surface area contributed by atoms with Crippen molar-refractivity contribution >= 4 is 26.9 Å². The highest BCUT2D eigenvalue weighted by atomic mass is 32.2. The molecule has 9 heteroatoms. The zero-order valence-corrected chi connectivity index (χ0v) is 18.0. The van der Waals surface area contributed by atoms with Crippen LogP contribution in [0.25, 0.3) is 11.0 Å². The topological polar surface area (TPSA) is 102 Å². The van der Waals surface area contributed by atoms with Gasteiger partial charge in [-0.1, -0.05) is 48.0 Å². The molecule has 0 bridgehead atoms. The van der Waals surface area contributed by atoms with Gasteiger partial charge in [0.25, 0.3) is 0 Å². The molecule has 2 N–H and O–H groups in total. The van der Waals surface area contributed by atoms with E-state index in [1.54, 1.807) is 35.1 Å². The molecule has 31 heavy (non-hydrogen) atoms. The summed E-state index contributed by atoms with van der Waals surface area (Å²) in [7, 11) is -3.57. The van der Waals surface area contributed by atoms with E-state index in [-0.39, 0.29) is 11.4 Å². The third kappa shape index (κ3) is 5.07. The monoisotopic (exact) mass is 436 g/mol. The molecule has 2 aromatic carbocycles. The number of hydrogen-bond acceptors (Lipinski definition) is 6. The van der Waals surface area contributed by atoms with Crippen LogP contribution in [0.15, 0.2) is 72.0 Å². The lowest BCUT2D eigenvalue weighted by molar-refractivity contribution is 0.564. The Morgan fingerprint density at radius 3 is 2.52 bits per heavy atom. The quantitative estimate of drug-likeness (QED) is 0.418. The minimum absolute atomic E-state index is 0.202. The summed E-state index contributed by atoms with van der Waals surface area (Å²) < 4.78 is 29.2. The molecular formula is C22H24N6O2S. The van der Waals surface area contributed by atoms with Crippen molar-refractivity contribution in [1.29, 1.82) is 0 Å². The standard InChI is InChI=1S/C22H24N6O2S/c1-17-7-9-19(10-8-17)31(29,30)27-13-14-28-22-20(15-26-28)21(24-16-25-22)23-12-11-18-5-3-2-4-6-18/h2-10,15-16,27H,11-14H2,1H3,(H,23,24,25). The van der Waals surface area contributed by atoms with E-state index < -0.39 is 10.0 Å². The molecule has 0 saturated carbocycles. The Kier molecular flexibility index (Phi) is 6.24. The van der Waals surface area contributed by atoms with E-state index in [1.807, 2.05) is 25.1 Å². The third-order valence-corrected chi connectivity index (χ3v) is 6.41. The minimum atomic E-state index is -3.57. The lowest BCUT2D eigenvalue weighted by atomic mass is 10.1. The summed E-state index contributed by atoms with van der Waals surface area (Å²) in [5, 5.41) is 8.51. The second-order valence-corrected chi connectivity index (χ2v) is 8.97. The van der Waals surface area contributed by atoms with E-state index in [0.717, 1.165) is 23.9 Å². The van der Waals surface area contributed by atoms with Crippen LogP contribution in [0.2, 0.25) is 0 Å². The number of anilines is 1. The van der Waals surface area contributed by atoms with Gasteiger partial charge in [-0.25, -0.2) is 27.8 Å². The molecule has 8 nitrogen and oxygen atoms in total. The van der Waals surface area contributed by atoms with E-state index in [0.29, 0.717) is 18.0 Å². The first-order valence-corrected chi connectivity index (χ1v) is 11.5. The summed E-state index contributed by atoms with van der Waals surface area (Å²) in [5.74, 6) is 0.715. The van der Waals surface area contributed by atoms with Gasteiger partial charge in [-0.3, -0.25) is 0 Å². The van der Waals surface area contributed by atoms with Crippen LogP contribution in [0.3, 0.4) is 0 Å². The van der Waals surface area contributed by atoms with Gasteiger partial charge in [0.15, 0.2) is 5.65 Å². The van der Waals surface area contributed by atoms with Gasteiger partial charge in [-0.2, -0.15) is 5.10 Å². The van der Waals surface area contributed by atoms with Crippen molar-refractivity contribution in [3.63, 3.8) is 0 Å².